The van der Waals surface area contributed by atoms with E-state index in [9.17, 15) is 14.9 Å². The van der Waals surface area contributed by atoms with E-state index in [-0.39, 0.29) is 16.9 Å². The van der Waals surface area contributed by atoms with Crippen molar-refractivity contribution in [2.45, 2.75) is 112 Å². The molecular formula is C31H49N5O2S. The molecule has 8 heteroatoms. The molecule has 2 heterocycles. The highest BCUT2D eigenvalue weighted by molar-refractivity contribution is 7.16. The number of amides is 2. The number of hydrazine groups is 1. The van der Waals surface area contributed by atoms with E-state index in [1.807, 2.05) is 11.1 Å². The van der Waals surface area contributed by atoms with Crippen molar-refractivity contribution in [1.82, 2.24) is 15.0 Å². The first-order chi connectivity index (χ1) is 18.5. The molecule has 2 amide bonds. The summed E-state index contributed by atoms with van der Waals surface area (Å²) in [5.41, 5.74) is 1.58. The molecule has 0 saturated heterocycles. The largest absolute Gasteiger partial charge is 0.348 e. The van der Waals surface area contributed by atoms with Crippen LogP contribution in [0.3, 0.4) is 0 Å². The zero-order chi connectivity index (χ0) is 29.2. The summed E-state index contributed by atoms with van der Waals surface area (Å²) in [6, 6.07) is 2.10. The van der Waals surface area contributed by atoms with E-state index in [0.29, 0.717) is 24.2 Å². The van der Waals surface area contributed by atoms with Gasteiger partial charge in [0.25, 0.3) is 11.8 Å². The number of nitrogens with zero attached hydrogens (tertiary/aromatic N) is 5. The maximum absolute atomic E-state index is 14.0. The van der Waals surface area contributed by atoms with Crippen LogP contribution < -0.4 is 4.90 Å². The Kier molecular flexibility index (Phi) is 12.9. The zero-order valence-electron chi connectivity index (χ0n) is 25.5. The molecule has 0 spiro atoms. The van der Waals surface area contributed by atoms with E-state index in [1.54, 1.807) is 18.3 Å². The van der Waals surface area contributed by atoms with Crippen LogP contribution in [0.25, 0.3) is 6.08 Å². The molecule has 2 rings (SSSR count). The van der Waals surface area contributed by atoms with Crippen molar-refractivity contribution in [3.63, 3.8) is 0 Å². The molecule has 0 N–H and O–H groups in total. The minimum atomic E-state index is -0.518. The predicted molar refractivity (Wildman–Crippen MR) is 162 cm³/mol. The van der Waals surface area contributed by atoms with Gasteiger partial charge in [-0.3, -0.25) is 9.59 Å². The van der Waals surface area contributed by atoms with Gasteiger partial charge in [-0.2, -0.15) is 5.26 Å². The van der Waals surface area contributed by atoms with Gasteiger partial charge in [-0.15, -0.1) is 0 Å². The van der Waals surface area contributed by atoms with Gasteiger partial charge in [0, 0.05) is 37.2 Å². The standard InChI is InChI=1S/C31H49N5O2S/c1-9-13-17-34(18-14-10-2)30-33-27(31(6,7)8)26(39-30)21-24-23(5)25(22-32)29(38)36(28(24)37)35(19-15-11-3)20-16-12-4/h21H,9-20H2,1-8H3/b24-21-. The van der Waals surface area contributed by atoms with Crippen LogP contribution in [0.1, 0.15) is 117 Å². The third-order valence-corrected chi connectivity index (χ3v) is 8.07. The first-order valence-electron chi connectivity index (χ1n) is 14.8. The predicted octanol–water partition coefficient (Wildman–Crippen LogP) is 7.26. The second-order valence-electron chi connectivity index (χ2n) is 11.4. The Morgan fingerprint density at radius 3 is 1.87 bits per heavy atom. The number of rotatable bonds is 15. The minimum absolute atomic E-state index is 0.0356. The van der Waals surface area contributed by atoms with Crippen LogP contribution in [0.5, 0.6) is 0 Å². The fourth-order valence-electron chi connectivity index (χ4n) is 4.54. The molecule has 39 heavy (non-hydrogen) atoms. The van der Waals surface area contributed by atoms with Gasteiger partial charge in [-0.1, -0.05) is 85.5 Å². The lowest BCUT2D eigenvalue weighted by molar-refractivity contribution is -0.159. The Hall–Kier alpha value is -2.50. The average Bonchev–Trinajstić information content (AvgIpc) is 3.32. The molecule has 0 saturated carbocycles. The van der Waals surface area contributed by atoms with Gasteiger partial charge in [-0.05, 0) is 44.3 Å². The van der Waals surface area contributed by atoms with Gasteiger partial charge in [0.2, 0.25) is 0 Å². The number of hydrogen-bond acceptors (Lipinski definition) is 7. The molecule has 0 bridgehead atoms. The van der Waals surface area contributed by atoms with Gasteiger partial charge in [0.05, 0.1) is 10.6 Å². The summed E-state index contributed by atoms with van der Waals surface area (Å²) in [5, 5.41) is 14.0. The van der Waals surface area contributed by atoms with Gasteiger partial charge < -0.3 is 4.90 Å². The molecule has 1 aromatic heterocycles. The summed E-state index contributed by atoms with van der Waals surface area (Å²) in [6.07, 6.45) is 9.93. The lowest BCUT2D eigenvalue weighted by atomic mass is 9.89. The average molecular weight is 556 g/mol. The third-order valence-electron chi connectivity index (χ3n) is 7.00. The molecule has 0 aromatic carbocycles. The summed E-state index contributed by atoms with van der Waals surface area (Å²) in [7, 11) is 0. The number of carbonyl (C=O) groups excluding carboxylic acids is 2. The molecule has 0 aliphatic carbocycles. The first-order valence-corrected chi connectivity index (χ1v) is 15.6. The smallest absolute Gasteiger partial charge is 0.286 e. The molecule has 1 aliphatic rings. The van der Waals surface area contributed by atoms with E-state index in [2.05, 4.69) is 59.4 Å². The highest BCUT2D eigenvalue weighted by Crippen LogP contribution is 2.38. The molecule has 216 valence electrons. The second kappa shape index (κ2) is 15.3. The van der Waals surface area contributed by atoms with Crippen LogP contribution >= 0.6 is 11.3 Å². The monoisotopic (exact) mass is 555 g/mol. The SMILES string of the molecule is CCCCN(CCCC)c1nc(C(C)(C)C)c(/C=C2\C(=O)N(N(CCCC)CCCC)C(=O)C(C#N)=C2C)s1. The van der Waals surface area contributed by atoms with Crippen LogP contribution in [-0.2, 0) is 15.0 Å². The van der Waals surface area contributed by atoms with E-state index in [4.69, 9.17) is 4.98 Å². The molecule has 0 atom stereocenters. The van der Waals surface area contributed by atoms with Crippen molar-refractivity contribution in [2.75, 3.05) is 31.1 Å². The minimum Gasteiger partial charge on any atom is -0.348 e. The molecular weight excluding hydrogens is 506 g/mol. The zero-order valence-corrected chi connectivity index (χ0v) is 26.3. The molecule has 0 unspecified atom stereocenters. The van der Waals surface area contributed by atoms with Crippen LogP contribution in [-0.4, -0.2) is 53.0 Å². The van der Waals surface area contributed by atoms with Gasteiger partial charge in [0.1, 0.15) is 11.6 Å². The molecule has 0 fully saturated rings. The third kappa shape index (κ3) is 8.25. The maximum Gasteiger partial charge on any atom is 0.286 e. The number of unbranched alkanes of at least 4 members (excludes halogenated alkanes) is 4. The van der Waals surface area contributed by atoms with Crippen molar-refractivity contribution >= 4 is 34.4 Å². The van der Waals surface area contributed by atoms with E-state index in [1.165, 1.54) is 5.01 Å². The van der Waals surface area contributed by atoms with Crippen LogP contribution in [0.2, 0.25) is 0 Å². The van der Waals surface area contributed by atoms with Gasteiger partial charge >= 0.3 is 0 Å². The van der Waals surface area contributed by atoms with Gasteiger partial charge in [0.15, 0.2) is 5.13 Å². The summed E-state index contributed by atoms with van der Waals surface area (Å²) < 4.78 is 0. The Labute approximate surface area is 240 Å². The molecule has 7 nitrogen and oxygen atoms in total. The quantitative estimate of drug-likeness (QED) is 0.167. The van der Waals surface area contributed by atoms with Crippen molar-refractivity contribution in [3.05, 3.63) is 27.3 Å². The number of nitriles is 1. The Bertz CT molecular complexity index is 1070. The highest BCUT2D eigenvalue weighted by atomic mass is 32.1. The van der Waals surface area contributed by atoms with Crippen LogP contribution in [0.4, 0.5) is 5.13 Å². The van der Waals surface area contributed by atoms with Crippen molar-refractivity contribution in [1.29, 1.82) is 5.26 Å². The summed E-state index contributed by atoms with van der Waals surface area (Å²) in [5.74, 6) is -0.872. The van der Waals surface area contributed by atoms with Crippen molar-refractivity contribution in [3.8, 4) is 6.07 Å². The fourth-order valence-corrected chi connectivity index (χ4v) is 5.81. The lowest BCUT2D eigenvalue weighted by Crippen LogP contribution is -2.54. The lowest BCUT2D eigenvalue weighted by Gasteiger charge is -2.36. The normalized spacial score (nSPS) is 15.6. The summed E-state index contributed by atoms with van der Waals surface area (Å²) in [6.45, 7) is 19.8. The number of carbonyl (C=O) groups is 2. The number of hydrogen-bond donors (Lipinski definition) is 0. The Morgan fingerprint density at radius 1 is 0.897 bits per heavy atom. The van der Waals surface area contributed by atoms with E-state index < -0.39 is 5.91 Å². The molecule has 0 radical (unpaired) electrons. The summed E-state index contributed by atoms with van der Waals surface area (Å²) in [4.78, 5) is 35.8. The van der Waals surface area contributed by atoms with Crippen molar-refractivity contribution in [2.24, 2.45) is 0 Å². The maximum atomic E-state index is 14.0. The molecule has 1 aliphatic heterocycles. The topological polar surface area (TPSA) is 80.5 Å². The van der Waals surface area contributed by atoms with Crippen LogP contribution in [0, 0.1) is 11.3 Å². The van der Waals surface area contributed by atoms with Crippen molar-refractivity contribution < 1.29 is 9.59 Å². The van der Waals surface area contributed by atoms with Gasteiger partial charge in [-0.25, -0.2) is 15.0 Å². The Balaban J connectivity index is 2.67. The van der Waals surface area contributed by atoms with Crippen LogP contribution in [0.15, 0.2) is 16.7 Å². The number of anilines is 1. The summed E-state index contributed by atoms with van der Waals surface area (Å²) >= 11 is 1.60. The fraction of sp³-hybridized carbons (Fsp3) is 0.677. The number of imide groups is 1. The number of thiazole rings is 1. The first kappa shape index (κ1) is 32.7. The Morgan fingerprint density at radius 2 is 1.41 bits per heavy atom. The molecule has 1 aromatic rings. The second-order valence-corrected chi connectivity index (χ2v) is 12.4. The van der Waals surface area contributed by atoms with E-state index in [0.717, 1.165) is 80.2 Å². The highest BCUT2D eigenvalue weighted by Gasteiger charge is 2.39. The van der Waals surface area contributed by atoms with E-state index >= 15 is 0 Å². The number of aromatic nitrogens is 1.